The molecule has 0 aromatic rings. The van der Waals surface area contributed by atoms with Crippen LogP contribution in [0, 0.1) is 38.9 Å². The molecule has 0 aromatic carbocycles. The Bertz CT molecular complexity index is 531. The quantitative estimate of drug-likeness (QED) is 0.428. The van der Waals surface area contributed by atoms with Crippen molar-refractivity contribution in [3.63, 3.8) is 0 Å². The van der Waals surface area contributed by atoms with Gasteiger partial charge >= 0.3 is 5.97 Å². The molecule has 1 aliphatic rings. The zero-order chi connectivity index (χ0) is 23.1. The van der Waals surface area contributed by atoms with E-state index < -0.39 is 5.41 Å². The molecule has 1 saturated carbocycles. The second-order valence-electron chi connectivity index (χ2n) is 14.2. The fourth-order valence-corrected chi connectivity index (χ4v) is 5.10. The Labute approximate surface area is 182 Å². The second-order valence-corrected chi connectivity index (χ2v) is 14.2. The van der Waals surface area contributed by atoms with E-state index in [-0.39, 0.29) is 33.7 Å². The highest BCUT2D eigenvalue weighted by molar-refractivity contribution is 5.77. The first kappa shape index (κ1) is 26.5. The van der Waals surface area contributed by atoms with E-state index in [2.05, 4.69) is 90.0 Å². The van der Waals surface area contributed by atoms with E-state index in [1.165, 1.54) is 6.42 Å². The SMILES string of the molecule is CCC(C)(C)C(C)(CC(C)(C)C)C(=O)OC1CC(C(C)(C)C)CC(C(C)(C)C)C1. The number of carbonyl (C=O) groups is 1. The highest BCUT2D eigenvalue weighted by Gasteiger charge is 2.50. The molecular weight excluding hydrogens is 356 g/mol. The molecule has 29 heavy (non-hydrogen) atoms. The van der Waals surface area contributed by atoms with Gasteiger partial charge in [-0.1, -0.05) is 83.1 Å². The molecule has 1 rings (SSSR count). The summed E-state index contributed by atoms with van der Waals surface area (Å²) >= 11 is 0. The van der Waals surface area contributed by atoms with E-state index in [0.717, 1.165) is 25.7 Å². The summed E-state index contributed by atoms with van der Waals surface area (Å²) in [5, 5.41) is 0. The molecule has 0 radical (unpaired) electrons. The van der Waals surface area contributed by atoms with Gasteiger partial charge in [0.15, 0.2) is 0 Å². The van der Waals surface area contributed by atoms with Gasteiger partial charge in [0, 0.05) is 0 Å². The molecule has 172 valence electrons. The van der Waals surface area contributed by atoms with Crippen molar-refractivity contribution in [1.29, 1.82) is 0 Å². The van der Waals surface area contributed by atoms with Gasteiger partial charge in [-0.2, -0.15) is 0 Å². The van der Waals surface area contributed by atoms with Gasteiger partial charge in [-0.15, -0.1) is 0 Å². The number of hydrogen-bond donors (Lipinski definition) is 0. The van der Waals surface area contributed by atoms with Crippen LogP contribution in [0.2, 0.25) is 0 Å². The zero-order valence-electron chi connectivity index (χ0n) is 22.1. The molecule has 0 bridgehead atoms. The van der Waals surface area contributed by atoms with Crippen molar-refractivity contribution < 1.29 is 9.53 Å². The van der Waals surface area contributed by atoms with Gasteiger partial charge in [-0.05, 0) is 72.5 Å². The molecule has 0 spiro atoms. The predicted octanol–water partition coefficient (Wildman–Crippen LogP) is 8.29. The Morgan fingerprint density at radius 1 is 0.759 bits per heavy atom. The van der Waals surface area contributed by atoms with Gasteiger partial charge in [0.2, 0.25) is 0 Å². The summed E-state index contributed by atoms with van der Waals surface area (Å²) in [7, 11) is 0. The van der Waals surface area contributed by atoms with Crippen LogP contribution in [0.1, 0.15) is 122 Å². The standard InChI is InChI=1S/C27H52O2/c1-14-26(11,12)27(13,18-23(2,3)4)22(28)29-21-16-19(24(5,6)7)15-20(17-21)25(8,9)10/h19-21H,14-18H2,1-13H3. The molecule has 1 fully saturated rings. The average Bonchev–Trinajstić information content (AvgIpc) is 2.50. The summed E-state index contributed by atoms with van der Waals surface area (Å²) in [5.74, 6) is 1.20. The first-order valence-corrected chi connectivity index (χ1v) is 11.9. The third kappa shape index (κ3) is 6.73. The lowest BCUT2D eigenvalue weighted by atomic mass is 9.59. The molecule has 0 amide bonds. The van der Waals surface area contributed by atoms with Gasteiger partial charge < -0.3 is 4.74 Å². The van der Waals surface area contributed by atoms with Crippen molar-refractivity contribution in [2.24, 2.45) is 38.9 Å². The van der Waals surface area contributed by atoms with E-state index in [1.54, 1.807) is 0 Å². The summed E-state index contributed by atoms with van der Waals surface area (Å²) < 4.78 is 6.40. The minimum absolute atomic E-state index is 0.0199. The number of esters is 1. The van der Waals surface area contributed by atoms with Gasteiger partial charge in [0.1, 0.15) is 6.10 Å². The third-order valence-electron chi connectivity index (χ3n) is 8.10. The smallest absolute Gasteiger partial charge is 0.312 e. The third-order valence-corrected chi connectivity index (χ3v) is 8.10. The van der Waals surface area contributed by atoms with Gasteiger partial charge in [0.25, 0.3) is 0 Å². The molecular formula is C27H52O2. The van der Waals surface area contributed by atoms with Gasteiger partial charge in [-0.25, -0.2) is 0 Å². The van der Waals surface area contributed by atoms with Crippen molar-refractivity contribution in [3.8, 4) is 0 Å². The molecule has 0 aromatic heterocycles. The maximum Gasteiger partial charge on any atom is 0.312 e. The first-order chi connectivity index (χ1) is 12.7. The Morgan fingerprint density at radius 3 is 1.48 bits per heavy atom. The van der Waals surface area contributed by atoms with Crippen LogP contribution < -0.4 is 0 Å². The fraction of sp³-hybridized carbons (Fsp3) is 0.963. The number of carbonyl (C=O) groups excluding carboxylic acids is 1. The van der Waals surface area contributed by atoms with Crippen molar-refractivity contribution >= 4 is 5.97 Å². The van der Waals surface area contributed by atoms with E-state index >= 15 is 0 Å². The summed E-state index contributed by atoms with van der Waals surface area (Å²) in [6.45, 7) is 29.5. The minimum Gasteiger partial charge on any atom is -0.462 e. The van der Waals surface area contributed by atoms with E-state index in [0.29, 0.717) is 11.8 Å². The number of hydrogen-bond acceptors (Lipinski definition) is 2. The second kappa shape index (κ2) is 8.54. The Hall–Kier alpha value is -0.530. The maximum absolute atomic E-state index is 13.7. The van der Waals surface area contributed by atoms with Crippen LogP contribution in [0.3, 0.4) is 0 Å². The van der Waals surface area contributed by atoms with Crippen LogP contribution in [0.4, 0.5) is 0 Å². The lowest BCUT2D eigenvalue weighted by molar-refractivity contribution is -0.176. The predicted molar refractivity (Wildman–Crippen MR) is 126 cm³/mol. The normalized spacial score (nSPS) is 26.7. The summed E-state index contributed by atoms with van der Waals surface area (Å²) in [6.07, 6.45) is 5.09. The molecule has 0 N–H and O–H groups in total. The van der Waals surface area contributed by atoms with Crippen molar-refractivity contribution in [2.75, 3.05) is 0 Å². The van der Waals surface area contributed by atoms with Crippen LogP contribution in [-0.4, -0.2) is 12.1 Å². The monoisotopic (exact) mass is 408 g/mol. The first-order valence-electron chi connectivity index (χ1n) is 11.9. The molecule has 3 atom stereocenters. The molecule has 0 heterocycles. The van der Waals surface area contributed by atoms with Crippen LogP contribution in [0.5, 0.6) is 0 Å². The van der Waals surface area contributed by atoms with Gasteiger partial charge in [0.05, 0.1) is 5.41 Å². The average molecular weight is 409 g/mol. The zero-order valence-corrected chi connectivity index (χ0v) is 22.1. The van der Waals surface area contributed by atoms with Crippen molar-refractivity contribution in [3.05, 3.63) is 0 Å². The highest BCUT2D eigenvalue weighted by atomic mass is 16.5. The Balaban J connectivity index is 3.17. The van der Waals surface area contributed by atoms with E-state index in [1.807, 2.05) is 0 Å². The molecule has 2 nitrogen and oxygen atoms in total. The summed E-state index contributed by atoms with van der Waals surface area (Å²) in [6, 6.07) is 0. The van der Waals surface area contributed by atoms with E-state index in [4.69, 9.17) is 4.74 Å². The Morgan fingerprint density at radius 2 is 1.17 bits per heavy atom. The van der Waals surface area contributed by atoms with E-state index in [9.17, 15) is 4.79 Å². The van der Waals surface area contributed by atoms with Gasteiger partial charge in [-0.3, -0.25) is 4.79 Å². The van der Waals surface area contributed by atoms with Crippen LogP contribution in [0.15, 0.2) is 0 Å². The lowest BCUT2D eigenvalue weighted by Gasteiger charge is -2.48. The minimum atomic E-state index is -0.480. The topological polar surface area (TPSA) is 26.3 Å². The van der Waals surface area contributed by atoms with Crippen LogP contribution in [0.25, 0.3) is 0 Å². The molecule has 0 aliphatic heterocycles. The highest BCUT2D eigenvalue weighted by Crippen LogP contribution is 2.51. The lowest BCUT2D eigenvalue weighted by Crippen LogP contribution is -2.48. The molecule has 0 saturated heterocycles. The Kier molecular flexibility index (Phi) is 7.81. The molecule has 2 heteroatoms. The largest absolute Gasteiger partial charge is 0.462 e. The number of rotatable bonds is 5. The van der Waals surface area contributed by atoms with Crippen molar-refractivity contribution in [1.82, 2.24) is 0 Å². The van der Waals surface area contributed by atoms with Crippen molar-refractivity contribution in [2.45, 2.75) is 128 Å². The number of ether oxygens (including phenoxy) is 1. The van der Waals surface area contributed by atoms with Crippen LogP contribution in [-0.2, 0) is 9.53 Å². The maximum atomic E-state index is 13.7. The fourth-order valence-electron chi connectivity index (χ4n) is 5.10. The summed E-state index contributed by atoms with van der Waals surface area (Å²) in [4.78, 5) is 13.7. The van der Waals surface area contributed by atoms with Crippen LogP contribution >= 0.6 is 0 Å². The molecule has 3 unspecified atom stereocenters. The summed E-state index contributed by atoms with van der Waals surface area (Å²) in [5.41, 5.74) is -0.0165. The molecule has 1 aliphatic carbocycles.